The van der Waals surface area contributed by atoms with Gasteiger partial charge in [0.1, 0.15) is 11.5 Å². The average molecular weight is 447 g/mol. The third-order valence-electron chi connectivity index (χ3n) is 4.63. The Morgan fingerprint density at radius 1 is 1.30 bits per heavy atom. The third-order valence-corrected chi connectivity index (χ3v) is 6.38. The van der Waals surface area contributed by atoms with E-state index in [1.165, 1.54) is 18.2 Å². The molecule has 2 aliphatic heterocycles. The van der Waals surface area contributed by atoms with E-state index < -0.39 is 34.6 Å². The summed E-state index contributed by atoms with van der Waals surface area (Å²) in [6.45, 7) is -1.40. The molecule has 1 aromatic rings. The first-order valence-electron chi connectivity index (χ1n) is 9.19. The number of halogens is 3. The number of amides is 2. The largest absolute Gasteiger partial charge is 0.484 e. The molecule has 1 atom stereocenters. The van der Waals surface area contributed by atoms with Crippen molar-refractivity contribution in [2.24, 2.45) is 5.10 Å². The molecule has 0 unspecified atom stereocenters. The maximum Gasteiger partial charge on any atom is 0.422 e. The second-order valence-electron chi connectivity index (χ2n) is 7.08. The van der Waals surface area contributed by atoms with Crippen LogP contribution in [0.25, 0.3) is 0 Å². The molecule has 1 saturated heterocycles. The first-order valence-corrected chi connectivity index (χ1v) is 11.0. The molecule has 1 fully saturated rings. The summed E-state index contributed by atoms with van der Waals surface area (Å²) < 4.78 is 64.8. The summed E-state index contributed by atoms with van der Waals surface area (Å²) in [5.74, 6) is -1.04. The Kier molecular flexibility index (Phi) is 6.34. The number of nitrogens with zero attached hydrogens (tertiary/aromatic N) is 2. The van der Waals surface area contributed by atoms with Crippen molar-refractivity contribution in [2.75, 3.05) is 18.1 Å². The molecule has 0 spiro atoms. The Labute approximate surface area is 171 Å². The van der Waals surface area contributed by atoms with Crippen LogP contribution >= 0.6 is 0 Å². The first-order chi connectivity index (χ1) is 14.0. The molecule has 30 heavy (non-hydrogen) atoms. The van der Waals surface area contributed by atoms with Gasteiger partial charge in [-0.25, -0.2) is 13.4 Å². The van der Waals surface area contributed by atoms with Gasteiger partial charge in [0.05, 0.1) is 17.5 Å². The molecule has 2 heterocycles. The molecule has 2 amide bonds. The zero-order valence-electron chi connectivity index (χ0n) is 15.8. The van der Waals surface area contributed by atoms with Crippen LogP contribution in [0.2, 0.25) is 0 Å². The SMILES string of the molecule is O=C(NCc1cccc(OCC(F)(F)F)c1)C1=NN([C@H]2CCS(=O)(=O)C2)C(=O)CC1. The molecule has 0 radical (unpaired) electrons. The zero-order valence-corrected chi connectivity index (χ0v) is 16.6. The highest BCUT2D eigenvalue weighted by atomic mass is 32.2. The molecule has 2 aliphatic rings. The number of carbonyl (C=O) groups is 2. The summed E-state index contributed by atoms with van der Waals surface area (Å²) in [4.78, 5) is 24.5. The van der Waals surface area contributed by atoms with E-state index in [0.29, 0.717) is 5.56 Å². The second-order valence-corrected chi connectivity index (χ2v) is 9.30. The van der Waals surface area contributed by atoms with Gasteiger partial charge in [-0.1, -0.05) is 12.1 Å². The zero-order chi connectivity index (χ0) is 21.9. The number of alkyl halides is 3. The third kappa shape index (κ3) is 5.94. The van der Waals surface area contributed by atoms with Crippen LogP contribution in [0.15, 0.2) is 29.4 Å². The Morgan fingerprint density at radius 3 is 2.73 bits per heavy atom. The van der Waals surface area contributed by atoms with E-state index in [2.05, 4.69) is 15.2 Å². The summed E-state index contributed by atoms with van der Waals surface area (Å²) in [6, 6.07) is 5.30. The Balaban J connectivity index is 1.60. The van der Waals surface area contributed by atoms with Crippen LogP contribution in [0.4, 0.5) is 13.2 Å². The van der Waals surface area contributed by atoms with E-state index in [9.17, 15) is 31.2 Å². The number of hydrogen-bond acceptors (Lipinski definition) is 6. The van der Waals surface area contributed by atoms with Crippen molar-refractivity contribution in [1.29, 1.82) is 0 Å². The predicted molar refractivity (Wildman–Crippen MR) is 100 cm³/mol. The second kappa shape index (κ2) is 8.62. The fourth-order valence-corrected chi connectivity index (χ4v) is 4.87. The van der Waals surface area contributed by atoms with Gasteiger partial charge in [0, 0.05) is 19.4 Å². The van der Waals surface area contributed by atoms with E-state index in [4.69, 9.17) is 0 Å². The summed E-state index contributed by atoms with van der Waals surface area (Å²) in [6.07, 6.45) is -4.01. The first kappa shape index (κ1) is 22.1. The molecular formula is C18H20F3N3O5S. The van der Waals surface area contributed by atoms with Crippen LogP contribution in [-0.2, 0) is 26.0 Å². The molecule has 8 nitrogen and oxygen atoms in total. The molecule has 3 rings (SSSR count). The summed E-state index contributed by atoms with van der Waals surface area (Å²) >= 11 is 0. The highest BCUT2D eigenvalue weighted by molar-refractivity contribution is 7.91. The molecule has 0 saturated carbocycles. The summed E-state index contributed by atoms with van der Waals surface area (Å²) in [5.41, 5.74) is 0.623. The molecular weight excluding hydrogens is 427 g/mol. The van der Waals surface area contributed by atoms with Crippen LogP contribution in [0.5, 0.6) is 5.75 Å². The average Bonchev–Trinajstić information content (AvgIpc) is 3.04. The Hall–Kier alpha value is -2.63. The number of hydrogen-bond donors (Lipinski definition) is 1. The lowest BCUT2D eigenvalue weighted by atomic mass is 10.1. The number of carbonyl (C=O) groups excluding carboxylic acids is 2. The Bertz CT molecular complexity index is 962. The van der Waals surface area contributed by atoms with Crippen LogP contribution in [0, 0.1) is 0 Å². The van der Waals surface area contributed by atoms with E-state index >= 15 is 0 Å². The van der Waals surface area contributed by atoms with Gasteiger partial charge in [-0.3, -0.25) is 9.59 Å². The van der Waals surface area contributed by atoms with Crippen molar-refractivity contribution < 1.29 is 35.9 Å². The number of benzene rings is 1. The summed E-state index contributed by atoms with van der Waals surface area (Å²) in [5, 5.41) is 7.77. The smallest absolute Gasteiger partial charge is 0.422 e. The highest BCUT2D eigenvalue weighted by Crippen LogP contribution is 2.22. The van der Waals surface area contributed by atoms with Gasteiger partial charge in [-0.15, -0.1) is 0 Å². The van der Waals surface area contributed by atoms with Gasteiger partial charge >= 0.3 is 6.18 Å². The number of ether oxygens (including phenoxy) is 1. The van der Waals surface area contributed by atoms with Gasteiger partial charge < -0.3 is 10.1 Å². The van der Waals surface area contributed by atoms with Crippen molar-refractivity contribution in [2.45, 2.75) is 38.0 Å². The molecule has 0 aliphatic carbocycles. The van der Waals surface area contributed by atoms with Gasteiger partial charge in [-0.2, -0.15) is 18.3 Å². The molecule has 164 valence electrons. The minimum absolute atomic E-state index is 0.0207. The van der Waals surface area contributed by atoms with Gasteiger partial charge in [0.15, 0.2) is 16.4 Å². The van der Waals surface area contributed by atoms with Gasteiger partial charge in [-0.05, 0) is 24.1 Å². The maximum atomic E-state index is 12.4. The normalized spacial score (nSPS) is 21.3. The molecule has 1 aromatic carbocycles. The van der Waals surface area contributed by atoms with Gasteiger partial charge in [0.25, 0.3) is 5.91 Å². The quantitative estimate of drug-likeness (QED) is 0.710. The van der Waals surface area contributed by atoms with Crippen LogP contribution in [-0.4, -0.2) is 61.3 Å². The van der Waals surface area contributed by atoms with Crippen molar-refractivity contribution in [1.82, 2.24) is 10.3 Å². The van der Waals surface area contributed by atoms with Crippen LogP contribution in [0.3, 0.4) is 0 Å². The Morgan fingerprint density at radius 2 is 2.07 bits per heavy atom. The molecule has 0 aromatic heterocycles. The van der Waals surface area contributed by atoms with Crippen molar-refractivity contribution in [3.05, 3.63) is 29.8 Å². The van der Waals surface area contributed by atoms with Crippen molar-refractivity contribution in [3.8, 4) is 5.75 Å². The maximum absolute atomic E-state index is 12.4. The van der Waals surface area contributed by atoms with Crippen LogP contribution in [0.1, 0.15) is 24.8 Å². The number of hydrazone groups is 1. The minimum Gasteiger partial charge on any atom is -0.484 e. The fraction of sp³-hybridized carbons (Fsp3) is 0.500. The number of sulfone groups is 1. The lowest BCUT2D eigenvalue weighted by Crippen LogP contribution is -2.43. The van der Waals surface area contributed by atoms with E-state index in [0.717, 1.165) is 5.01 Å². The van der Waals surface area contributed by atoms with Crippen LogP contribution < -0.4 is 10.1 Å². The highest BCUT2D eigenvalue weighted by Gasteiger charge is 2.37. The van der Waals surface area contributed by atoms with Crippen molar-refractivity contribution >= 4 is 27.4 Å². The van der Waals surface area contributed by atoms with E-state index in [1.54, 1.807) is 6.07 Å². The lowest BCUT2D eigenvalue weighted by Gasteiger charge is -2.27. The molecule has 12 heteroatoms. The predicted octanol–water partition coefficient (Wildman–Crippen LogP) is 1.41. The summed E-state index contributed by atoms with van der Waals surface area (Å²) in [7, 11) is -3.22. The fourth-order valence-electron chi connectivity index (χ4n) is 3.18. The molecule has 1 N–H and O–H groups in total. The monoisotopic (exact) mass is 447 g/mol. The minimum atomic E-state index is -4.45. The number of rotatable bonds is 6. The topological polar surface area (TPSA) is 105 Å². The standard InChI is InChI=1S/C18H20F3N3O5S/c19-18(20,21)11-29-14-3-1-2-12(8-14)9-22-17(26)15-4-5-16(25)24(23-15)13-6-7-30(27,28)10-13/h1-3,8,13H,4-7,9-11H2,(H,22,26)/t13-/m0/s1. The lowest BCUT2D eigenvalue weighted by molar-refractivity contribution is -0.153. The van der Waals surface area contributed by atoms with Crippen molar-refractivity contribution in [3.63, 3.8) is 0 Å². The van der Waals surface area contributed by atoms with Gasteiger partial charge in [0.2, 0.25) is 5.91 Å². The van der Waals surface area contributed by atoms with E-state index in [-0.39, 0.29) is 54.7 Å². The molecule has 0 bridgehead atoms. The number of nitrogens with one attached hydrogen (secondary N) is 1. The van der Waals surface area contributed by atoms with E-state index in [1.807, 2.05) is 0 Å².